The lowest BCUT2D eigenvalue weighted by Crippen LogP contribution is -2.47. The molecule has 2 aromatic carbocycles. The van der Waals surface area contributed by atoms with Gasteiger partial charge < -0.3 is 24.2 Å². The first-order chi connectivity index (χ1) is 21.1. The molecule has 0 N–H and O–H groups in total. The molecule has 1 aliphatic heterocycles. The van der Waals surface area contributed by atoms with Crippen molar-refractivity contribution in [2.75, 3.05) is 63.8 Å². The molecule has 44 heavy (non-hydrogen) atoms. The molecule has 0 saturated heterocycles. The Morgan fingerprint density at radius 2 is 1.68 bits per heavy atom. The fourth-order valence-electron chi connectivity index (χ4n) is 5.39. The first-order valence-corrected chi connectivity index (χ1v) is 14.9. The van der Waals surface area contributed by atoms with Crippen LogP contribution in [0.2, 0.25) is 0 Å². The van der Waals surface area contributed by atoms with Crippen LogP contribution in [0.15, 0.2) is 67.0 Å². The fraction of sp³-hybridized carbons (Fsp3) is 0.412. The number of hydrogen-bond acceptors (Lipinski definition) is 7. The van der Waals surface area contributed by atoms with Crippen molar-refractivity contribution in [1.82, 2.24) is 14.8 Å². The summed E-state index contributed by atoms with van der Waals surface area (Å²) in [4.78, 5) is 50.8. The third kappa shape index (κ3) is 7.19. The lowest BCUT2D eigenvalue weighted by atomic mass is 9.90. The average Bonchev–Trinajstić information content (AvgIpc) is 3.09. The van der Waals surface area contributed by atoms with E-state index in [9.17, 15) is 14.4 Å². The summed E-state index contributed by atoms with van der Waals surface area (Å²) < 4.78 is 11.5. The minimum atomic E-state index is -1.16. The van der Waals surface area contributed by atoms with E-state index in [1.54, 1.807) is 74.3 Å². The predicted molar refractivity (Wildman–Crippen MR) is 171 cm³/mol. The smallest absolute Gasteiger partial charge is 0.257 e. The summed E-state index contributed by atoms with van der Waals surface area (Å²) in [5, 5.41) is 0. The molecule has 10 nitrogen and oxygen atoms in total. The Bertz CT molecular complexity index is 1460. The zero-order chi connectivity index (χ0) is 31.9. The van der Waals surface area contributed by atoms with Crippen LogP contribution in [0.3, 0.4) is 0 Å². The molecule has 0 saturated carbocycles. The standard InChI is InChI=1S/C34H43N5O5/c1-7-39-28-14-13-26(23-29(28)37(5)32(41)34(2,3)33(39)42)44-22-10-19-38(24-25-15-17-35-18-16-25)21-20-36(4)31(40)27-11-8-9-12-30(27)43-6/h8-9,11-18,23H,7,10,19-22,24H2,1-6H3. The van der Waals surface area contributed by atoms with Crippen LogP contribution in [0.25, 0.3) is 0 Å². The summed E-state index contributed by atoms with van der Waals surface area (Å²) in [7, 11) is 5.07. The highest BCUT2D eigenvalue weighted by molar-refractivity contribution is 6.20. The summed E-state index contributed by atoms with van der Waals surface area (Å²) in [6.07, 6.45) is 4.30. The minimum absolute atomic E-state index is 0.0898. The summed E-state index contributed by atoms with van der Waals surface area (Å²) in [6.45, 7) is 8.83. The van der Waals surface area contributed by atoms with Crippen LogP contribution in [0, 0.1) is 5.41 Å². The minimum Gasteiger partial charge on any atom is -0.496 e. The van der Waals surface area contributed by atoms with E-state index in [1.165, 1.54) is 0 Å². The molecule has 10 heteroatoms. The van der Waals surface area contributed by atoms with E-state index in [4.69, 9.17) is 9.47 Å². The van der Waals surface area contributed by atoms with Crippen molar-refractivity contribution in [3.05, 3.63) is 78.1 Å². The number of ether oxygens (including phenoxy) is 2. The van der Waals surface area contributed by atoms with Crippen LogP contribution < -0.4 is 19.3 Å². The van der Waals surface area contributed by atoms with Crippen LogP contribution in [0.4, 0.5) is 11.4 Å². The van der Waals surface area contributed by atoms with E-state index in [-0.39, 0.29) is 17.7 Å². The zero-order valence-corrected chi connectivity index (χ0v) is 26.6. The number of anilines is 2. The van der Waals surface area contributed by atoms with E-state index >= 15 is 0 Å². The topological polar surface area (TPSA) is 95.5 Å². The lowest BCUT2D eigenvalue weighted by Gasteiger charge is -2.27. The summed E-state index contributed by atoms with van der Waals surface area (Å²) in [5.74, 6) is 0.634. The molecule has 0 spiro atoms. The number of carbonyl (C=O) groups excluding carboxylic acids is 3. The largest absolute Gasteiger partial charge is 0.496 e. The summed E-state index contributed by atoms with van der Waals surface area (Å²) in [6, 6.07) is 16.8. The fourth-order valence-corrected chi connectivity index (χ4v) is 5.39. The Kier molecular flexibility index (Phi) is 10.6. The molecule has 0 fully saturated rings. The lowest BCUT2D eigenvalue weighted by molar-refractivity contribution is -0.137. The molecular weight excluding hydrogens is 558 g/mol. The van der Waals surface area contributed by atoms with Gasteiger partial charge in [0.05, 0.1) is 30.7 Å². The van der Waals surface area contributed by atoms with Crippen LogP contribution in [-0.4, -0.2) is 86.5 Å². The van der Waals surface area contributed by atoms with Gasteiger partial charge in [0.25, 0.3) is 5.91 Å². The quantitative estimate of drug-likeness (QED) is 0.211. The van der Waals surface area contributed by atoms with E-state index < -0.39 is 5.41 Å². The number of fused-ring (bicyclic) bond motifs is 1. The van der Waals surface area contributed by atoms with Crippen LogP contribution in [0.1, 0.15) is 43.1 Å². The molecule has 2 heterocycles. The second kappa shape index (κ2) is 14.4. The van der Waals surface area contributed by atoms with Crippen molar-refractivity contribution in [3.63, 3.8) is 0 Å². The molecule has 4 rings (SSSR count). The molecule has 0 unspecified atom stereocenters. The van der Waals surface area contributed by atoms with Crippen molar-refractivity contribution in [1.29, 1.82) is 0 Å². The number of hydrogen-bond donors (Lipinski definition) is 0. The van der Waals surface area contributed by atoms with E-state index in [2.05, 4.69) is 9.88 Å². The Balaban J connectivity index is 1.40. The second-order valence-electron chi connectivity index (χ2n) is 11.4. The van der Waals surface area contributed by atoms with Crippen molar-refractivity contribution >= 4 is 29.1 Å². The Morgan fingerprint density at radius 3 is 2.39 bits per heavy atom. The number of pyridine rings is 1. The number of likely N-dealkylation sites (N-methyl/N-ethyl adjacent to an activating group) is 1. The van der Waals surface area contributed by atoms with Gasteiger partial charge in [-0.2, -0.15) is 0 Å². The van der Waals surface area contributed by atoms with Crippen molar-refractivity contribution in [2.45, 2.75) is 33.7 Å². The highest BCUT2D eigenvalue weighted by Crippen LogP contribution is 2.40. The van der Waals surface area contributed by atoms with Gasteiger partial charge in [-0.1, -0.05) is 12.1 Å². The maximum Gasteiger partial charge on any atom is 0.257 e. The first-order valence-electron chi connectivity index (χ1n) is 14.9. The van der Waals surface area contributed by atoms with Gasteiger partial charge in [0.2, 0.25) is 11.8 Å². The Labute approximate surface area is 260 Å². The number of benzene rings is 2. The highest BCUT2D eigenvalue weighted by Gasteiger charge is 2.45. The Hall–Kier alpha value is -4.44. The van der Waals surface area contributed by atoms with Crippen molar-refractivity contribution < 1.29 is 23.9 Å². The van der Waals surface area contributed by atoms with Crippen molar-refractivity contribution in [2.24, 2.45) is 5.41 Å². The monoisotopic (exact) mass is 601 g/mol. The van der Waals surface area contributed by atoms with E-state index in [0.29, 0.717) is 61.2 Å². The maximum atomic E-state index is 13.2. The third-order valence-electron chi connectivity index (χ3n) is 8.01. The number of nitrogens with zero attached hydrogens (tertiary/aromatic N) is 5. The molecule has 1 aromatic heterocycles. The number of para-hydroxylation sites is 1. The second-order valence-corrected chi connectivity index (χ2v) is 11.4. The van der Waals surface area contributed by atoms with Gasteiger partial charge in [0.1, 0.15) is 16.9 Å². The third-order valence-corrected chi connectivity index (χ3v) is 8.01. The molecule has 0 radical (unpaired) electrons. The predicted octanol–water partition coefficient (Wildman–Crippen LogP) is 4.49. The number of amides is 3. The average molecular weight is 602 g/mol. The summed E-state index contributed by atoms with van der Waals surface area (Å²) in [5.41, 5.74) is 1.86. The molecule has 1 aliphatic rings. The van der Waals surface area contributed by atoms with E-state index in [1.807, 2.05) is 49.4 Å². The molecule has 234 valence electrons. The van der Waals surface area contributed by atoms with Gasteiger partial charge in [-0.25, -0.2) is 0 Å². The Morgan fingerprint density at radius 1 is 0.955 bits per heavy atom. The van der Waals surface area contributed by atoms with E-state index in [0.717, 1.165) is 18.5 Å². The van der Waals surface area contributed by atoms with Crippen molar-refractivity contribution in [3.8, 4) is 11.5 Å². The molecule has 0 bridgehead atoms. The number of carbonyl (C=O) groups is 3. The zero-order valence-electron chi connectivity index (χ0n) is 26.6. The number of rotatable bonds is 13. The molecule has 3 aromatic rings. The molecule has 0 atom stereocenters. The van der Waals surface area contributed by atoms with Gasteiger partial charge >= 0.3 is 0 Å². The first kappa shape index (κ1) is 32.5. The van der Waals surface area contributed by atoms with Gasteiger partial charge in [-0.05, 0) is 69.2 Å². The summed E-state index contributed by atoms with van der Waals surface area (Å²) >= 11 is 0. The highest BCUT2D eigenvalue weighted by atomic mass is 16.5. The van der Waals surface area contributed by atoms with Crippen LogP contribution in [-0.2, 0) is 16.1 Å². The normalized spacial score (nSPS) is 14.3. The number of methoxy groups -OCH3 is 1. The van der Waals surface area contributed by atoms with Crippen LogP contribution >= 0.6 is 0 Å². The molecular formula is C34H43N5O5. The van der Waals surface area contributed by atoms with Crippen LogP contribution in [0.5, 0.6) is 11.5 Å². The SMILES string of the molecule is CCN1C(=O)C(C)(C)C(=O)N(C)c2cc(OCCCN(CCN(C)C(=O)c3ccccc3OC)Cc3ccncc3)ccc21. The van der Waals surface area contributed by atoms with Gasteiger partial charge in [-0.15, -0.1) is 0 Å². The number of aromatic nitrogens is 1. The van der Waals surface area contributed by atoms with Gasteiger partial charge in [0.15, 0.2) is 0 Å². The molecule has 3 amide bonds. The molecule has 0 aliphatic carbocycles. The van der Waals surface area contributed by atoms with Gasteiger partial charge in [0, 0.05) is 65.3 Å². The maximum absolute atomic E-state index is 13.2. The van der Waals surface area contributed by atoms with Gasteiger partial charge in [-0.3, -0.25) is 24.3 Å².